The van der Waals surface area contributed by atoms with Gasteiger partial charge in [0, 0.05) is 18.1 Å². The van der Waals surface area contributed by atoms with Crippen LogP contribution in [0, 0.1) is 6.92 Å². The maximum atomic E-state index is 12.1. The van der Waals surface area contributed by atoms with Gasteiger partial charge in [0.15, 0.2) is 0 Å². The molecule has 2 amide bonds. The highest BCUT2D eigenvalue weighted by atomic mass is 32.2. The highest BCUT2D eigenvalue weighted by Crippen LogP contribution is 2.25. The van der Waals surface area contributed by atoms with Crippen LogP contribution in [0.2, 0.25) is 0 Å². The first-order valence-corrected chi connectivity index (χ1v) is 8.48. The molecule has 0 fully saturated rings. The zero-order chi connectivity index (χ0) is 16.8. The van der Waals surface area contributed by atoms with E-state index >= 15 is 0 Å². The fraction of sp³-hybridized carbons (Fsp3) is 0.529. The summed E-state index contributed by atoms with van der Waals surface area (Å²) >= 11 is 1.86. The lowest BCUT2D eigenvalue weighted by Gasteiger charge is -2.17. The van der Waals surface area contributed by atoms with Gasteiger partial charge < -0.3 is 10.6 Å². The summed E-state index contributed by atoms with van der Waals surface area (Å²) in [5.74, 6) is 0.788. The molecule has 0 spiro atoms. The van der Waals surface area contributed by atoms with Crippen LogP contribution in [0.4, 0.5) is 11.4 Å². The molecule has 0 heterocycles. The number of carbonyl (C=O) groups is 2. The van der Waals surface area contributed by atoms with E-state index in [1.807, 2.05) is 36.9 Å². The quantitative estimate of drug-likeness (QED) is 0.772. The fourth-order valence-electron chi connectivity index (χ4n) is 1.88. The monoisotopic (exact) mass is 322 g/mol. The van der Waals surface area contributed by atoms with E-state index in [9.17, 15) is 9.59 Å². The zero-order valence-corrected chi connectivity index (χ0v) is 14.9. The summed E-state index contributed by atoms with van der Waals surface area (Å²) in [6.45, 7) is 9.92. The molecule has 1 aromatic rings. The molecule has 0 bridgehead atoms. The van der Waals surface area contributed by atoms with Gasteiger partial charge in [0.1, 0.15) is 0 Å². The Hall–Kier alpha value is -1.49. The average molecular weight is 322 g/mol. The molecule has 0 saturated carbocycles. The summed E-state index contributed by atoms with van der Waals surface area (Å²) < 4.78 is 0.228. The molecule has 122 valence electrons. The van der Waals surface area contributed by atoms with Crippen LogP contribution in [0.3, 0.4) is 0 Å². The molecule has 0 saturated heterocycles. The molecule has 22 heavy (non-hydrogen) atoms. The van der Waals surface area contributed by atoms with Crippen molar-refractivity contribution < 1.29 is 9.59 Å². The largest absolute Gasteiger partial charge is 0.325 e. The number of hydrogen-bond donors (Lipinski definition) is 2. The van der Waals surface area contributed by atoms with Crippen LogP contribution >= 0.6 is 11.8 Å². The van der Waals surface area contributed by atoms with Gasteiger partial charge in [-0.2, -0.15) is 11.8 Å². The predicted molar refractivity (Wildman–Crippen MR) is 95.6 cm³/mol. The SMILES string of the molecule is CC(=O)Nc1ccc(C)cc1NC(=O)CCCSC(C)(C)C. The zero-order valence-electron chi connectivity index (χ0n) is 14.1. The smallest absolute Gasteiger partial charge is 0.224 e. The second-order valence-electron chi connectivity index (χ2n) is 6.34. The third-order valence-corrected chi connectivity index (χ3v) is 4.20. The Morgan fingerprint density at radius 2 is 1.82 bits per heavy atom. The van der Waals surface area contributed by atoms with E-state index in [2.05, 4.69) is 31.4 Å². The number of thioether (sulfide) groups is 1. The first-order valence-electron chi connectivity index (χ1n) is 7.49. The van der Waals surface area contributed by atoms with Crippen molar-refractivity contribution in [1.82, 2.24) is 0 Å². The van der Waals surface area contributed by atoms with E-state index in [1.54, 1.807) is 0 Å². The van der Waals surface area contributed by atoms with Crippen LogP contribution in [-0.4, -0.2) is 22.3 Å². The molecule has 5 heteroatoms. The topological polar surface area (TPSA) is 58.2 Å². The van der Waals surface area contributed by atoms with Gasteiger partial charge in [-0.05, 0) is 36.8 Å². The molecule has 4 nitrogen and oxygen atoms in total. The number of carbonyl (C=O) groups excluding carboxylic acids is 2. The third kappa shape index (κ3) is 7.50. The second kappa shape index (κ2) is 8.22. The minimum absolute atomic E-state index is 0.0216. The van der Waals surface area contributed by atoms with Gasteiger partial charge >= 0.3 is 0 Å². The van der Waals surface area contributed by atoms with Crippen molar-refractivity contribution in [1.29, 1.82) is 0 Å². The van der Waals surface area contributed by atoms with Gasteiger partial charge in [-0.25, -0.2) is 0 Å². The number of rotatable bonds is 6. The van der Waals surface area contributed by atoms with Gasteiger partial charge in [-0.3, -0.25) is 9.59 Å². The third-order valence-electron chi connectivity index (χ3n) is 2.84. The van der Waals surface area contributed by atoms with Crippen LogP contribution < -0.4 is 10.6 Å². The van der Waals surface area contributed by atoms with E-state index < -0.39 is 0 Å². The lowest BCUT2D eigenvalue weighted by atomic mass is 10.2. The lowest BCUT2D eigenvalue weighted by Crippen LogP contribution is -2.15. The Bertz CT molecular complexity index is 536. The molecule has 0 atom stereocenters. The molecular weight excluding hydrogens is 296 g/mol. The first kappa shape index (κ1) is 18.6. The number of aryl methyl sites for hydroxylation is 1. The molecule has 2 N–H and O–H groups in total. The second-order valence-corrected chi connectivity index (χ2v) is 8.26. The maximum absolute atomic E-state index is 12.1. The van der Waals surface area contributed by atoms with Crippen molar-refractivity contribution in [2.45, 2.75) is 52.2 Å². The lowest BCUT2D eigenvalue weighted by molar-refractivity contribution is -0.116. The van der Waals surface area contributed by atoms with Gasteiger partial charge in [0.2, 0.25) is 11.8 Å². The Labute approximate surface area is 137 Å². The standard InChI is InChI=1S/C17H26N2O2S/c1-12-8-9-14(18-13(2)20)15(11-12)19-16(21)7-6-10-22-17(3,4)5/h8-9,11H,6-7,10H2,1-5H3,(H,18,20)(H,19,21). The maximum Gasteiger partial charge on any atom is 0.224 e. The number of nitrogens with one attached hydrogen (secondary N) is 2. The van der Waals surface area contributed by atoms with E-state index in [0.717, 1.165) is 17.7 Å². The number of anilines is 2. The molecule has 0 aromatic heterocycles. The van der Waals surface area contributed by atoms with Crippen molar-refractivity contribution >= 4 is 35.0 Å². The van der Waals surface area contributed by atoms with E-state index in [-0.39, 0.29) is 16.6 Å². The van der Waals surface area contributed by atoms with E-state index in [1.165, 1.54) is 6.92 Å². The van der Waals surface area contributed by atoms with Gasteiger partial charge in [-0.1, -0.05) is 26.8 Å². The molecular formula is C17H26N2O2S. The molecule has 1 aromatic carbocycles. The van der Waals surface area contributed by atoms with Crippen molar-refractivity contribution in [3.05, 3.63) is 23.8 Å². The van der Waals surface area contributed by atoms with Crippen LogP contribution in [0.25, 0.3) is 0 Å². The Kier molecular flexibility index (Phi) is 6.94. The van der Waals surface area contributed by atoms with Crippen molar-refractivity contribution in [2.75, 3.05) is 16.4 Å². The minimum Gasteiger partial charge on any atom is -0.325 e. The highest BCUT2D eigenvalue weighted by Gasteiger charge is 2.11. The Balaban J connectivity index is 2.56. The Morgan fingerprint density at radius 3 is 2.41 bits per heavy atom. The van der Waals surface area contributed by atoms with Crippen LogP contribution in [0.5, 0.6) is 0 Å². The van der Waals surface area contributed by atoms with Gasteiger partial charge in [0.05, 0.1) is 11.4 Å². The molecule has 0 unspecified atom stereocenters. The Morgan fingerprint density at radius 1 is 1.14 bits per heavy atom. The van der Waals surface area contributed by atoms with Crippen molar-refractivity contribution in [3.8, 4) is 0 Å². The van der Waals surface area contributed by atoms with Crippen molar-refractivity contribution in [2.24, 2.45) is 0 Å². The van der Waals surface area contributed by atoms with Crippen LogP contribution in [0.15, 0.2) is 18.2 Å². The first-order chi connectivity index (χ1) is 10.2. The number of amides is 2. The predicted octanol–water partition coefficient (Wildman–Crippen LogP) is 4.20. The molecule has 0 aliphatic rings. The van der Waals surface area contributed by atoms with Gasteiger partial charge in [0.25, 0.3) is 0 Å². The minimum atomic E-state index is -0.152. The summed E-state index contributed by atoms with van der Waals surface area (Å²) in [5, 5.41) is 5.63. The average Bonchev–Trinajstić information content (AvgIpc) is 2.36. The highest BCUT2D eigenvalue weighted by molar-refractivity contribution is 8.00. The summed E-state index contributed by atoms with van der Waals surface area (Å²) in [6.07, 6.45) is 1.32. The summed E-state index contributed by atoms with van der Waals surface area (Å²) in [4.78, 5) is 23.3. The molecule has 1 rings (SSSR count). The normalized spacial score (nSPS) is 11.1. The molecule has 0 aliphatic heterocycles. The number of hydrogen-bond acceptors (Lipinski definition) is 3. The molecule has 0 aliphatic carbocycles. The summed E-state index contributed by atoms with van der Waals surface area (Å²) in [6, 6.07) is 5.58. The summed E-state index contributed by atoms with van der Waals surface area (Å²) in [7, 11) is 0. The van der Waals surface area contributed by atoms with Crippen LogP contribution in [-0.2, 0) is 9.59 Å². The van der Waals surface area contributed by atoms with E-state index in [4.69, 9.17) is 0 Å². The van der Waals surface area contributed by atoms with Crippen molar-refractivity contribution in [3.63, 3.8) is 0 Å². The summed E-state index contributed by atoms with van der Waals surface area (Å²) in [5.41, 5.74) is 2.33. The fourth-order valence-corrected chi connectivity index (χ4v) is 2.78. The van der Waals surface area contributed by atoms with Crippen LogP contribution in [0.1, 0.15) is 46.1 Å². The van der Waals surface area contributed by atoms with Gasteiger partial charge in [-0.15, -0.1) is 0 Å². The number of benzene rings is 1. The van der Waals surface area contributed by atoms with E-state index in [0.29, 0.717) is 17.8 Å². The molecule has 0 radical (unpaired) electrons.